The van der Waals surface area contributed by atoms with Crippen molar-refractivity contribution in [1.29, 1.82) is 0 Å². The second-order valence-corrected chi connectivity index (χ2v) is 5.79. The second-order valence-electron chi connectivity index (χ2n) is 5.79. The predicted molar refractivity (Wildman–Crippen MR) is 93.7 cm³/mol. The van der Waals surface area contributed by atoms with Gasteiger partial charge in [-0.2, -0.15) is 0 Å². The largest absolute Gasteiger partial charge is 0.481 e. The Hall–Kier alpha value is -2.89. The lowest BCUT2D eigenvalue weighted by atomic mass is 9.82. The quantitative estimate of drug-likeness (QED) is 0.766. The number of amides is 1. The molecule has 0 fully saturated rings. The average Bonchev–Trinajstić information content (AvgIpc) is 2.64. The standard InChI is InChI=1S/C19H22N2O4/c1-3-19(4-2,18(23)24)13-21-17(22)14-7-9-15(10-8-14)25-16-6-5-11-20-12-16/h5-12H,3-4,13H2,1-2H3,(H,21,22)(H,23,24). The molecule has 1 aromatic carbocycles. The van der Waals surface area contributed by atoms with E-state index in [1.165, 1.54) is 0 Å². The highest BCUT2D eigenvalue weighted by atomic mass is 16.5. The first-order valence-electron chi connectivity index (χ1n) is 8.20. The lowest BCUT2D eigenvalue weighted by Crippen LogP contribution is -2.42. The van der Waals surface area contributed by atoms with Gasteiger partial charge in [0.05, 0.1) is 11.6 Å². The van der Waals surface area contributed by atoms with Gasteiger partial charge in [-0.25, -0.2) is 0 Å². The van der Waals surface area contributed by atoms with E-state index in [4.69, 9.17) is 4.74 Å². The van der Waals surface area contributed by atoms with Gasteiger partial charge in [0.25, 0.3) is 5.91 Å². The normalized spacial score (nSPS) is 11.0. The number of carboxylic acids is 1. The topological polar surface area (TPSA) is 88.5 Å². The summed E-state index contributed by atoms with van der Waals surface area (Å²) in [6, 6.07) is 10.2. The summed E-state index contributed by atoms with van der Waals surface area (Å²) in [5.74, 6) is 0.00172. The molecule has 1 amide bonds. The summed E-state index contributed by atoms with van der Waals surface area (Å²) in [6.45, 7) is 3.73. The molecular formula is C19H22N2O4. The Balaban J connectivity index is 1.99. The Morgan fingerprint density at radius 3 is 2.32 bits per heavy atom. The molecule has 0 saturated heterocycles. The van der Waals surface area contributed by atoms with E-state index in [9.17, 15) is 14.7 Å². The van der Waals surface area contributed by atoms with Crippen LogP contribution in [-0.4, -0.2) is 28.5 Å². The van der Waals surface area contributed by atoms with Gasteiger partial charge in [0.1, 0.15) is 11.5 Å². The van der Waals surface area contributed by atoms with Crippen molar-refractivity contribution in [2.24, 2.45) is 5.41 Å². The molecule has 2 rings (SSSR count). The molecule has 0 atom stereocenters. The molecule has 0 spiro atoms. The molecule has 0 saturated carbocycles. The van der Waals surface area contributed by atoms with E-state index in [1.54, 1.807) is 48.8 Å². The average molecular weight is 342 g/mol. The minimum atomic E-state index is -0.932. The number of ether oxygens (including phenoxy) is 1. The second kappa shape index (κ2) is 8.28. The maximum Gasteiger partial charge on any atom is 0.311 e. The van der Waals surface area contributed by atoms with Gasteiger partial charge in [0.2, 0.25) is 0 Å². The van der Waals surface area contributed by atoms with Crippen LogP contribution in [-0.2, 0) is 4.79 Å². The number of hydrogen-bond donors (Lipinski definition) is 2. The molecule has 0 aliphatic heterocycles. The molecule has 0 bridgehead atoms. The Bertz CT molecular complexity index is 710. The zero-order chi connectivity index (χ0) is 18.3. The number of nitrogens with one attached hydrogen (secondary N) is 1. The molecule has 25 heavy (non-hydrogen) atoms. The molecule has 2 aromatic rings. The molecular weight excluding hydrogens is 320 g/mol. The Kier molecular flexibility index (Phi) is 6.11. The smallest absolute Gasteiger partial charge is 0.311 e. The molecule has 6 nitrogen and oxygen atoms in total. The molecule has 1 aromatic heterocycles. The van der Waals surface area contributed by atoms with Crippen LogP contribution in [0.4, 0.5) is 0 Å². The van der Waals surface area contributed by atoms with Gasteiger partial charge in [-0.15, -0.1) is 0 Å². The summed E-state index contributed by atoms with van der Waals surface area (Å²) in [4.78, 5) is 27.7. The minimum absolute atomic E-state index is 0.0993. The number of carboxylic acid groups (broad SMARTS) is 1. The van der Waals surface area contributed by atoms with E-state index < -0.39 is 11.4 Å². The third-order valence-electron chi connectivity index (χ3n) is 4.38. The van der Waals surface area contributed by atoms with E-state index in [0.717, 1.165) is 0 Å². The Morgan fingerprint density at radius 2 is 1.80 bits per heavy atom. The molecule has 2 N–H and O–H groups in total. The van der Waals surface area contributed by atoms with Crippen LogP contribution in [0.1, 0.15) is 37.0 Å². The third kappa shape index (κ3) is 4.56. The monoisotopic (exact) mass is 342 g/mol. The lowest BCUT2D eigenvalue weighted by Gasteiger charge is -2.26. The van der Waals surface area contributed by atoms with Gasteiger partial charge in [0, 0.05) is 18.3 Å². The van der Waals surface area contributed by atoms with E-state index in [1.807, 2.05) is 13.8 Å². The first-order valence-corrected chi connectivity index (χ1v) is 8.20. The molecule has 0 unspecified atom stereocenters. The van der Waals surface area contributed by atoms with Gasteiger partial charge < -0.3 is 15.2 Å². The number of aromatic nitrogens is 1. The lowest BCUT2D eigenvalue weighted by molar-refractivity contribution is -0.149. The van der Waals surface area contributed by atoms with Crippen LogP contribution in [0.5, 0.6) is 11.5 Å². The van der Waals surface area contributed by atoms with Gasteiger partial charge in [-0.05, 0) is 49.2 Å². The first kappa shape index (κ1) is 18.4. The Labute approximate surface area is 146 Å². The number of rotatable bonds is 8. The van der Waals surface area contributed by atoms with E-state index in [-0.39, 0.29) is 12.5 Å². The number of hydrogen-bond acceptors (Lipinski definition) is 4. The van der Waals surface area contributed by atoms with Crippen LogP contribution >= 0.6 is 0 Å². The molecule has 0 aliphatic rings. The maximum absolute atomic E-state index is 12.3. The first-order chi connectivity index (χ1) is 12.0. The maximum atomic E-state index is 12.3. The fraction of sp³-hybridized carbons (Fsp3) is 0.316. The fourth-order valence-corrected chi connectivity index (χ4v) is 2.45. The van der Waals surface area contributed by atoms with Gasteiger partial charge in [-0.1, -0.05) is 13.8 Å². The molecule has 0 aliphatic carbocycles. The van der Waals surface area contributed by atoms with Crippen LogP contribution < -0.4 is 10.1 Å². The zero-order valence-electron chi connectivity index (χ0n) is 14.4. The van der Waals surface area contributed by atoms with Crippen LogP contribution in [0.15, 0.2) is 48.8 Å². The highest BCUT2D eigenvalue weighted by Gasteiger charge is 2.35. The summed E-state index contributed by atoms with van der Waals surface area (Å²) in [6.07, 6.45) is 4.17. The van der Waals surface area contributed by atoms with Crippen molar-refractivity contribution in [2.45, 2.75) is 26.7 Å². The van der Waals surface area contributed by atoms with Crippen molar-refractivity contribution in [3.8, 4) is 11.5 Å². The summed E-state index contributed by atoms with van der Waals surface area (Å²) in [7, 11) is 0. The predicted octanol–water partition coefficient (Wildman–Crippen LogP) is 3.49. The van der Waals surface area contributed by atoms with Crippen LogP contribution in [0.3, 0.4) is 0 Å². The molecule has 0 radical (unpaired) electrons. The van der Waals surface area contributed by atoms with Crippen LogP contribution in [0.25, 0.3) is 0 Å². The van der Waals surface area contributed by atoms with Crippen molar-refractivity contribution in [1.82, 2.24) is 10.3 Å². The highest BCUT2D eigenvalue weighted by Crippen LogP contribution is 2.26. The number of carbonyl (C=O) groups excluding carboxylic acids is 1. The van der Waals surface area contributed by atoms with Gasteiger partial charge in [-0.3, -0.25) is 14.6 Å². The zero-order valence-corrected chi connectivity index (χ0v) is 14.4. The minimum Gasteiger partial charge on any atom is -0.481 e. The van der Waals surface area contributed by atoms with Crippen molar-refractivity contribution in [3.05, 3.63) is 54.4 Å². The van der Waals surface area contributed by atoms with Gasteiger partial charge >= 0.3 is 5.97 Å². The van der Waals surface area contributed by atoms with Crippen LogP contribution in [0, 0.1) is 5.41 Å². The Morgan fingerprint density at radius 1 is 1.12 bits per heavy atom. The van der Waals surface area contributed by atoms with Crippen molar-refractivity contribution < 1.29 is 19.4 Å². The van der Waals surface area contributed by atoms with Crippen molar-refractivity contribution in [3.63, 3.8) is 0 Å². The van der Waals surface area contributed by atoms with Crippen molar-refractivity contribution >= 4 is 11.9 Å². The van der Waals surface area contributed by atoms with E-state index in [2.05, 4.69) is 10.3 Å². The molecule has 6 heteroatoms. The number of nitrogens with zero attached hydrogens (tertiary/aromatic N) is 1. The van der Waals surface area contributed by atoms with Crippen molar-refractivity contribution in [2.75, 3.05) is 6.54 Å². The third-order valence-corrected chi connectivity index (χ3v) is 4.38. The number of benzene rings is 1. The molecule has 1 heterocycles. The van der Waals surface area contributed by atoms with Gasteiger partial charge in [0.15, 0.2) is 0 Å². The number of aliphatic carboxylic acids is 1. The van der Waals surface area contributed by atoms with E-state index in [0.29, 0.717) is 29.9 Å². The highest BCUT2D eigenvalue weighted by molar-refractivity contribution is 5.94. The van der Waals surface area contributed by atoms with Crippen LogP contribution in [0.2, 0.25) is 0 Å². The number of pyridine rings is 1. The molecule has 132 valence electrons. The summed E-state index contributed by atoms with van der Waals surface area (Å²) in [5.41, 5.74) is -0.482. The summed E-state index contributed by atoms with van der Waals surface area (Å²) < 4.78 is 5.62. The SMILES string of the molecule is CCC(CC)(CNC(=O)c1ccc(Oc2cccnc2)cc1)C(=O)O. The summed E-state index contributed by atoms with van der Waals surface area (Å²) >= 11 is 0. The fourth-order valence-electron chi connectivity index (χ4n) is 2.45. The van der Waals surface area contributed by atoms with E-state index >= 15 is 0 Å². The number of carbonyl (C=O) groups is 2. The summed E-state index contributed by atoms with van der Waals surface area (Å²) in [5, 5.41) is 12.1.